The molecule has 0 fully saturated rings. The first kappa shape index (κ1) is 21.3. The Morgan fingerprint density at radius 1 is 1.00 bits per heavy atom. The van der Waals surface area contributed by atoms with Crippen molar-refractivity contribution in [2.75, 3.05) is 18.3 Å². The van der Waals surface area contributed by atoms with Crippen LogP contribution in [-0.2, 0) is 20.0 Å². The second-order valence-electron chi connectivity index (χ2n) is 5.88. The van der Waals surface area contributed by atoms with Crippen molar-refractivity contribution < 1.29 is 25.6 Å². The van der Waals surface area contributed by atoms with Gasteiger partial charge in [0.05, 0.1) is 4.90 Å². The van der Waals surface area contributed by atoms with E-state index >= 15 is 0 Å². The highest BCUT2D eigenvalue weighted by Crippen LogP contribution is 2.22. The molecule has 0 saturated carbocycles. The predicted molar refractivity (Wildman–Crippen MR) is 98.3 cm³/mol. The van der Waals surface area contributed by atoms with Crippen LogP contribution in [0.25, 0.3) is 0 Å². The number of nitrogens with one attached hydrogen (secondary N) is 1. The standard InChI is InChI=1S/C17H20F2N2O4S2/c1-3-4-11-21(2)27(24,25)15-8-6-14(7-9-15)20-26(22,23)17-10-5-13(18)12-16(17)19/h5-10,12,20H,3-4,11H2,1-2H3. The molecule has 10 heteroatoms. The van der Waals surface area contributed by atoms with Gasteiger partial charge in [-0.05, 0) is 42.8 Å². The fourth-order valence-corrected chi connectivity index (χ4v) is 4.61. The Labute approximate surface area is 157 Å². The maximum atomic E-state index is 13.7. The lowest BCUT2D eigenvalue weighted by Gasteiger charge is -2.17. The molecular formula is C17H20F2N2O4S2. The number of halogens is 2. The highest BCUT2D eigenvalue weighted by molar-refractivity contribution is 7.92. The molecule has 2 rings (SSSR count). The minimum Gasteiger partial charge on any atom is -0.280 e. The van der Waals surface area contributed by atoms with Crippen LogP contribution >= 0.6 is 0 Å². The Morgan fingerprint density at radius 3 is 2.19 bits per heavy atom. The second kappa shape index (κ2) is 8.32. The molecule has 1 N–H and O–H groups in total. The zero-order chi connectivity index (χ0) is 20.2. The van der Waals surface area contributed by atoms with Gasteiger partial charge in [0.1, 0.15) is 16.5 Å². The van der Waals surface area contributed by atoms with Gasteiger partial charge in [-0.15, -0.1) is 0 Å². The second-order valence-corrected chi connectivity index (χ2v) is 9.58. The molecule has 148 valence electrons. The van der Waals surface area contributed by atoms with E-state index in [9.17, 15) is 25.6 Å². The highest BCUT2D eigenvalue weighted by atomic mass is 32.2. The number of rotatable bonds is 8. The predicted octanol–water partition coefficient (Wildman–Crippen LogP) is 3.19. The monoisotopic (exact) mass is 418 g/mol. The van der Waals surface area contributed by atoms with Crippen LogP contribution in [0.1, 0.15) is 19.8 Å². The molecular weight excluding hydrogens is 398 g/mol. The molecule has 0 aliphatic carbocycles. The van der Waals surface area contributed by atoms with Gasteiger partial charge in [0.15, 0.2) is 0 Å². The number of hydrogen-bond donors (Lipinski definition) is 1. The molecule has 0 aliphatic rings. The molecule has 2 aromatic rings. The van der Waals surface area contributed by atoms with Gasteiger partial charge in [0, 0.05) is 25.3 Å². The molecule has 0 unspecified atom stereocenters. The number of benzene rings is 2. The Morgan fingerprint density at radius 2 is 1.63 bits per heavy atom. The first-order valence-electron chi connectivity index (χ1n) is 8.12. The van der Waals surface area contributed by atoms with Gasteiger partial charge in [-0.2, -0.15) is 0 Å². The molecule has 0 radical (unpaired) electrons. The number of hydrogen-bond acceptors (Lipinski definition) is 4. The molecule has 0 saturated heterocycles. The van der Waals surface area contributed by atoms with E-state index in [1.165, 1.54) is 35.6 Å². The summed E-state index contributed by atoms with van der Waals surface area (Å²) < 4.78 is 79.4. The third kappa shape index (κ3) is 5.02. The van der Waals surface area contributed by atoms with Gasteiger partial charge in [0.25, 0.3) is 10.0 Å². The number of nitrogens with zero attached hydrogens (tertiary/aromatic N) is 1. The Hall–Kier alpha value is -2.04. The summed E-state index contributed by atoms with van der Waals surface area (Å²) >= 11 is 0. The van der Waals surface area contributed by atoms with Crippen molar-refractivity contribution in [3.8, 4) is 0 Å². The summed E-state index contributed by atoms with van der Waals surface area (Å²) in [5.41, 5.74) is 0.0499. The van der Waals surface area contributed by atoms with Crippen molar-refractivity contribution in [2.45, 2.75) is 29.6 Å². The van der Waals surface area contributed by atoms with Gasteiger partial charge < -0.3 is 0 Å². The molecule has 0 atom stereocenters. The van der Waals surface area contributed by atoms with Crippen LogP contribution in [0.2, 0.25) is 0 Å². The summed E-state index contributed by atoms with van der Waals surface area (Å²) in [4.78, 5) is -0.697. The fraction of sp³-hybridized carbons (Fsp3) is 0.294. The van der Waals surface area contributed by atoms with Gasteiger partial charge >= 0.3 is 0 Å². The molecule has 0 spiro atoms. The summed E-state index contributed by atoms with van der Waals surface area (Å²) in [5.74, 6) is -2.12. The zero-order valence-corrected chi connectivity index (χ0v) is 16.4. The first-order valence-corrected chi connectivity index (χ1v) is 11.0. The Kier molecular flexibility index (Phi) is 6.55. The highest BCUT2D eigenvalue weighted by Gasteiger charge is 2.22. The van der Waals surface area contributed by atoms with Crippen LogP contribution in [0, 0.1) is 11.6 Å². The molecule has 0 bridgehead atoms. The number of anilines is 1. The maximum Gasteiger partial charge on any atom is 0.264 e. The Balaban J connectivity index is 2.22. The number of sulfonamides is 2. The van der Waals surface area contributed by atoms with Crippen LogP contribution in [-0.4, -0.2) is 34.7 Å². The molecule has 2 aromatic carbocycles. The van der Waals surface area contributed by atoms with E-state index in [0.29, 0.717) is 12.6 Å². The van der Waals surface area contributed by atoms with E-state index in [-0.39, 0.29) is 10.6 Å². The third-order valence-electron chi connectivity index (χ3n) is 3.82. The number of unbranched alkanes of at least 4 members (excludes halogenated alkanes) is 1. The van der Waals surface area contributed by atoms with Crippen molar-refractivity contribution in [2.24, 2.45) is 0 Å². The van der Waals surface area contributed by atoms with Crippen LogP contribution < -0.4 is 4.72 Å². The van der Waals surface area contributed by atoms with E-state index in [1.54, 1.807) is 0 Å². The third-order valence-corrected chi connectivity index (χ3v) is 7.11. The van der Waals surface area contributed by atoms with Gasteiger partial charge in [-0.3, -0.25) is 4.72 Å². The van der Waals surface area contributed by atoms with E-state index in [4.69, 9.17) is 0 Å². The minimum absolute atomic E-state index is 0.0111. The summed E-state index contributed by atoms with van der Waals surface area (Å²) in [6.45, 7) is 2.32. The largest absolute Gasteiger partial charge is 0.280 e. The van der Waals surface area contributed by atoms with Gasteiger partial charge in [-0.25, -0.2) is 29.9 Å². The molecule has 27 heavy (non-hydrogen) atoms. The quantitative estimate of drug-likeness (QED) is 0.714. The lowest BCUT2D eigenvalue weighted by molar-refractivity contribution is 0.459. The molecule has 0 amide bonds. The van der Waals surface area contributed by atoms with Gasteiger partial charge in [-0.1, -0.05) is 13.3 Å². The molecule has 6 nitrogen and oxygen atoms in total. The molecule has 0 aliphatic heterocycles. The summed E-state index contributed by atoms with van der Waals surface area (Å²) in [5, 5.41) is 0. The van der Waals surface area contributed by atoms with Crippen molar-refractivity contribution in [3.63, 3.8) is 0 Å². The van der Waals surface area contributed by atoms with Crippen molar-refractivity contribution in [1.82, 2.24) is 4.31 Å². The normalized spacial score (nSPS) is 12.3. The first-order chi connectivity index (χ1) is 12.6. The average Bonchev–Trinajstić information content (AvgIpc) is 2.59. The average molecular weight is 418 g/mol. The zero-order valence-electron chi connectivity index (χ0n) is 14.8. The lowest BCUT2D eigenvalue weighted by Crippen LogP contribution is -2.27. The van der Waals surface area contributed by atoms with Crippen LogP contribution in [0.15, 0.2) is 52.3 Å². The molecule has 0 heterocycles. The van der Waals surface area contributed by atoms with Crippen molar-refractivity contribution in [3.05, 3.63) is 54.1 Å². The van der Waals surface area contributed by atoms with Gasteiger partial charge in [0.2, 0.25) is 10.0 Å². The van der Waals surface area contributed by atoms with Crippen LogP contribution in [0.4, 0.5) is 14.5 Å². The van der Waals surface area contributed by atoms with Crippen molar-refractivity contribution in [1.29, 1.82) is 0 Å². The van der Waals surface area contributed by atoms with E-state index in [1.807, 2.05) is 6.92 Å². The van der Waals surface area contributed by atoms with E-state index < -0.39 is 36.6 Å². The smallest absolute Gasteiger partial charge is 0.264 e. The lowest BCUT2D eigenvalue weighted by atomic mass is 10.3. The topological polar surface area (TPSA) is 83.6 Å². The Bertz CT molecular complexity index is 1010. The fourth-order valence-electron chi connectivity index (χ4n) is 2.28. The van der Waals surface area contributed by atoms with Crippen molar-refractivity contribution >= 4 is 25.7 Å². The molecule has 0 aromatic heterocycles. The summed E-state index contributed by atoms with van der Waals surface area (Å²) in [6, 6.07) is 7.16. The van der Waals surface area contributed by atoms with Crippen LogP contribution in [0.5, 0.6) is 0 Å². The SMILES string of the molecule is CCCCN(C)S(=O)(=O)c1ccc(NS(=O)(=O)c2ccc(F)cc2F)cc1. The minimum atomic E-state index is -4.29. The maximum absolute atomic E-state index is 13.7. The van der Waals surface area contributed by atoms with E-state index in [2.05, 4.69) is 4.72 Å². The van der Waals surface area contributed by atoms with Crippen LogP contribution in [0.3, 0.4) is 0 Å². The van der Waals surface area contributed by atoms with E-state index in [0.717, 1.165) is 25.0 Å². The summed E-state index contributed by atoms with van der Waals surface area (Å²) in [7, 11) is -6.50. The summed E-state index contributed by atoms with van der Waals surface area (Å²) in [6.07, 6.45) is 1.57.